The molecule has 3 aromatic rings. The maximum absolute atomic E-state index is 12.9. The van der Waals surface area contributed by atoms with Crippen molar-refractivity contribution in [2.45, 2.75) is 5.03 Å². The lowest BCUT2D eigenvalue weighted by Crippen LogP contribution is -2.36. The van der Waals surface area contributed by atoms with Crippen molar-refractivity contribution in [3.63, 3.8) is 0 Å². The van der Waals surface area contributed by atoms with E-state index < -0.39 is 21.1 Å². The Hall–Kier alpha value is -3.73. The van der Waals surface area contributed by atoms with Gasteiger partial charge in [0.2, 0.25) is 23.5 Å². The van der Waals surface area contributed by atoms with Crippen LogP contribution in [0.5, 0.6) is 11.8 Å². The number of tetrazole rings is 1. The Kier molecular flexibility index (Phi) is 6.07. The molecule has 31 heavy (non-hydrogen) atoms. The first-order valence-corrected chi connectivity index (χ1v) is 9.92. The molecule has 16 nitrogen and oxygen atoms in total. The topological polar surface area (TPSA) is 190 Å². The number of aromatic nitrogens is 8. The molecular formula is C13H15ClN10O6S. The molecule has 0 aliphatic rings. The molecule has 0 unspecified atom stereocenters. The fourth-order valence-corrected chi connectivity index (χ4v) is 3.90. The molecule has 3 aromatic heterocycles. The van der Waals surface area contributed by atoms with Crippen LogP contribution in [-0.4, -0.2) is 75.9 Å². The number of urea groups is 1. The summed E-state index contributed by atoms with van der Waals surface area (Å²) in [4.78, 5) is 25.6. The number of anilines is 1. The third-order valence-electron chi connectivity index (χ3n) is 3.54. The summed E-state index contributed by atoms with van der Waals surface area (Å²) in [6, 6.07) is 0.191. The number of ether oxygens (including phenoxy) is 2. The van der Waals surface area contributed by atoms with Crippen LogP contribution in [0.15, 0.2) is 11.1 Å². The molecule has 3 rings (SSSR count). The van der Waals surface area contributed by atoms with E-state index in [4.69, 9.17) is 25.9 Å². The average Bonchev–Trinajstić information content (AvgIpc) is 3.30. The number of hydrogen-bond donors (Lipinski definition) is 2. The van der Waals surface area contributed by atoms with Gasteiger partial charge < -0.3 is 14.3 Å². The molecule has 166 valence electrons. The molecule has 0 bridgehead atoms. The van der Waals surface area contributed by atoms with Crippen LogP contribution in [0.2, 0.25) is 5.15 Å². The van der Waals surface area contributed by atoms with Gasteiger partial charge in [-0.25, -0.2) is 9.52 Å². The quantitative estimate of drug-likeness (QED) is 0.429. The van der Waals surface area contributed by atoms with E-state index >= 15 is 0 Å². The van der Waals surface area contributed by atoms with Gasteiger partial charge >= 0.3 is 6.03 Å². The number of nitrogens with zero attached hydrogens (tertiary/aromatic N) is 8. The van der Waals surface area contributed by atoms with Gasteiger partial charge in [0, 0.05) is 12.0 Å². The minimum absolute atomic E-state index is 0.0815. The van der Waals surface area contributed by atoms with Gasteiger partial charge in [0.1, 0.15) is 12.7 Å². The van der Waals surface area contributed by atoms with E-state index in [2.05, 4.69) is 35.8 Å². The van der Waals surface area contributed by atoms with Crippen LogP contribution < -0.4 is 24.4 Å². The molecule has 0 spiro atoms. The molecule has 0 radical (unpaired) electrons. The summed E-state index contributed by atoms with van der Waals surface area (Å²) in [6.07, 6.45) is 0. The highest BCUT2D eigenvalue weighted by atomic mass is 35.5. The maximum atomic E-state index is 12.9. The molecule has 0 aliphatic heterocycles. The van der Waals surface area contributed by atoms with E-state index in [0.717, 1.165) is 9.64 Å². The molecule has 2 N–H and O–H groups in total. The first-order valence-electron chi connectivity index (χ1n) is 8.06. The van der Waals surface area contributed by atoms with E-state index in [9.17, 15) is 13.2 Å². The number of aryl methyl sites for hydroxylation is 1. The van der Waals surface area contributed by atoms with Crippen molar-refractivity contribution in [1.82, 2.24) is 44.8 Å². The first-order chi connectivity index (χ1) is 14.7. The minimum Gasteiger partial charge on any atom is -0.481 e. The maximum Gasteiger partial charge on any atom is 0.335 e. The highest BCUT2D eigenvalue weighted by Crippen LogP contribution is 2.31. The van der Waals surface area contributed by atoms with E-state index in [1.165, 1.54) is 34.4 Å². The predicted octanol–water partition coefficient (Wildman–Crippen LogP) is -0.897. The van der Waals surface area contributed by atoms with Crippen molar-refractivity contribution < 1.29 is 27.5 Å². The first kappa shape index (κ1) is 22.0. The number of carbonyl (C=O) groups excluding carboxylic acids is 1. The third-order valence-corrected chi connectivity index (χ3v) is 5.24. The smallest absolute Gasteiger partial charge is 0.335 e. The number of sulfonamides is 1. The number of halogens is 1. The van der Waals surface area contributed by atoms with Crippen LogP contribution in [0.25, 0.3) is 11.4 Å². The summed E-state index contributed by atoms with van der Waals surface area (Å²) in [5.74, 6) is -0.297. The molecule has 0 atom stereocenters. The Labute approximate surface area is 179 Å². The van der Waals surface area contributed by atoms with Gasteiger partial charge in [0.15, 0.2) is 10.2 Å². The molecule has 0 fully saturated rings. The minimum atomic E-state index is -4.52. The molecule has 2 amide bonds. The highest BCUT2D eigenvalue weighted by molar-refractivity contribution is 7.90. The molecule has 0 saturated carbocycles. The van der Waals surface area contributed by atoms with Crippen LogP contribution >= 0.6 is 11.6 Å². The van der Waals surface area contributed by atoms with Crippen molar-refractivity contribution in [3.05, 3.63) is 11.2 Å². The number of amides is 2. The Balaban J connectivity index is 1.90. The van der Waals surface area contributed by atoms with Crippen LogP contribution in [0.4, 0.5) is 10.7 Å². The van der Waals surface area contributed by atoms with E-state index in [-0.39, 0.29) is 34.2 Å². The van der Waals surface area contributed by atoms with E-state index in [1.807, 2.05) is 4.72 Å². The lowest BCUT2D eigenvalue weighted by atomic mass is 10.3. The van der Waals surface area contributed by atoms with Gasteiger partial charge in [-0.1, -0.05) is 16.7 Å². The zero-order valence-electron chi connectivity index (χ0n) is 16.4. The number of methoxy groups -OCH3 is 2. The lowest BCUT2D eigenvalue weighted by molar-refractivity contribution is 0.0960. The summed E-state index contributed by atoms with van der Waals surface area (Å²) < 4.78 is 38.4. The van der Waals surface area contributed by atoms with E-state index in [0.29, 0.717) is 0 Å². The van der Waals surface area contributed by atoms with E-state index in [1.54, 1.807) is 0 Å². The van der Waals surface area contributed by atoms with Gasteiger partial charge in [0.05, 0.1) is 20.3 Å². The van der Waals surface area contributed by atoms with Gasteiger partial charge in [0.25, 0.3) is 10.0 Å². The van der Waals surface area contributed by atoms with Crippen LogP contribution in [0, 0.1) is 0 Å². The standard InChI is InChI=1S/C13H15ClN10O6S/c1-23-11(8(9(14)19-23)10-18-22-24(20-10)30-4)31(26,27)21-13(25)17-12-15-6(28-2)5-7(16-12)29-3/h5H,1-4H3,(H2,15,16,17,21,25). The van der Waals surface area contributed by atoms with Crippen molar-refractivity contribution in [2.24, 2.45) is 7.05 Å². The molecule has 3 heterocycles. The largest absolute Gasteiger partial charge is 0.481 e. The van der Waals surface area contributed by atoms with Crippen molar-refractivity contribution in [3.8, 4) is 23.1 Å². The van der Waals surface area contributed by atoms with Crippen molar-refractivity contribution in [1.29, 1.82) is 0 Å². The SMILES string of the molecule is COc1cc(OC)nc(NC(=O)NS(=O)(=O)c2c(-c3nnn(OC)n3)c(Cl)nn2C)n1. The summed E-state index contributed by atoms with van der Waals surface area (Å²) in [5.41, 5.74) is -0.188. The number of hydrogen-bond acceptors (Lipinski definition) is 12. The Morgan fingerprint density at radius 1 is 1.13 bits per heavy atom. The highest BCUT2D eigenvalue weighted by Gasteiger charge is 2.32. The summed E-state index contributed by atoms with van der Waals surface area (Å²) in [5, 5.41) is 16.3. The third kappa shape index (κ3) is 4.56. The summed E-state index contributed by atoms with van der Waals surface area (Å²) in [7, 11) is 0.748. The lowest BCUT2D eigenvalue weighted by Gasteiger charge is -2.10. The Bertz CT molecular complexity index is 1200. The normalized spacial score (nSPS) is 11.1. The predicted molar refractivity (Wildman–Crippen MR) is 102 cm³/mol. The zero-order valence-corrected chi connectivity index (χ0v) is 18.0. The zero-order chi connectivity index (χ0) is 22.8. The fraction of sp³-hybridized carbons (Fsp3) is 0.308. The Morgan fingerprint density at radius 3 is 2.32 bits per heavy atom. The molecular weight excluding hydrogens is 460 g/mol. The van der Waals surface area contributed by atoms with Crippen molar-refractivity contribution >= 4 is 33.6 Å². The molecule has 0 saturated heterocycles. The van der Waals surface area contributed by atoms with Gasteiger partial charge in [-0.3, -0.25) is 10.00 Å². The van der Waals surface area contributed by atoms with Crippen LogP contribution in [0.3, 0.4) is 0 Å². The molecule has 18 heteroatoms. The van der Waals surface area contributed by atoms with Crippen LogP contribution in [0.1, 0.15) is 0 Å². The summed E-state index contributed by atoms with van der Waals surface area (Å²) >= 11 is 6.05. The molecule has 0 aromatic carbocycles. The second-order valence-electron chi connectivity index (χ2n) is 5.48. The second kappa shape index (κ2) is 8.56. The van der Waals surface area contributed by atoms with Gasteiger partial charge in [-0.2, -0.15) is 23.5 Å². The number of carbonyl (C=O) groups is 1. The van der Waals surface area contributed by atoms with Gasteiger partial charge in [-0.15, -0.1) is 5.10 Å². The fourth-order valence-electron chi connectivity index (χ4n) is 2.32. The van der Waals surface area contributed by atoms with Crippen molar-refractivity contribution in [2.75, 3.05) is 26.6 Å². The van der Waals surface area contributed by atoms with Gasteiger partial charge in [-0.05, 0) is 5.21 Å². The average molecular weight is 475 g/mol. The van der Waals surface area contributed by atoms with Crippen LogP contribution in [-0.2, 0) is 17.1 Å². The second-order valence-corrected chi connectivity index (χ2v) is 7.43. The number of rotatable bonds is 7. The molecule has 0 aliphatic carbocycles. The Morgan fingerprint density at radius 2 is 1.77 bits per heavy atom. The monoisotopic (exact) mass is 474 g/mol. The number of nitrogens with one attached hydrogen (secondary N) is 2. The summed E-state index contributed by atoms with van der Waals surface area (Å²) in [6.45, 7) is 0.